The van der Waals surface area contributed by atoms with Crippen LogP contribution in [-0.2, 0) is 0 Å². The first kappa shape index (κ1) is 10.7. The second-order valence-corrected chi connectivity index (χ2v) is 4.26. The van der Waals surface area contributed by atoms with Gasteiger partial charge < -0.3 is 0 Å². The number of aryl methyl sites for hydroxylation is 1. The van der Waals surface area contributed by atoms with Gasteiger partial charge in [0.15, 0.2) is 0 Å². The van der Waals surface area contributed by atoms with Crippen LogP contribution in [0.25, 0.3) is 0 Å². The summed E-state index contributed by atoms with van der Waals surface area (Å²) >= 11 is 0. The molecule has 0 bridgehead atoms. The molecule has 0 fully saturated rings. The monoisotopic (exact) mass is 191 g/mol. The molecule has 0 saturated heterocycles. The van der Waals surface area contributed by atoms with E-state index in [2.05, 4.69) is 16.8 Å². The first-order valence-corrected chi connectivity index (χ1v) is 4.55. The average molecular weight is 191 g/mol. The van der Waals surface area contributed by atoms with E-state index < -0.39 is 0 Å². The van der Waals surface area contributed by atoms with Crippen LogP contribution in [0, 0.1) is 30.0 Å². The lowest BCUT2D eigenvalue weighted by Crippen LogP contribution is -2.00. The Bertz CT molecular complexity index is 391. The van der Waals surface area contributed by atoms with Crippen molar-refractivity contribution in [2.45, 2.75) is 27.7 Å². The quantitative estimate of drug-likeness (QED) is 0.574. The van der Waals surface area contributed by atoms with Crippen LogP contribution in [0.2, 0.25) is 0 Å². The third-order valence-electron chi connectivity index (χ3n) is 1.59. The fraction of sp³-hybridized carbons (Fsp3) is 0.417. The van der Waals surface area contributed by atoms with Crippen molar-refractivity contribution in [1.82, 2.24) is 4.98 Å². The van der Waals surface area contributed by atoms with Gasteiger partial charge in [-0.1, -0.05) is 5.92 Å². The zero-order valence-corrected chi connectivity index (χ0v) is 8.98. The average Bonchev–Trinajstić information content (AvgIpc) is 2.06. The van der Waals surface area contributed by atoms with Gasteiger partial charge >= 0.3 is 0 Å². The number of pyridine rings is 1. The largest absolute Gasteiger partial charge is 0.242 e. The van der Waals surface area contributed by atoms with E-state index in [0.717, 1.165) is 0 Å². The van der Waals surface area contributed by atoms with Crippen LogP contribution in [0.3, 0.4) is 0 Å². The molecule has 0 aliphatic rings. The maximum absolute atomic E-state index is 12.9. The number of rotatable bonds is 0. The molecule has 1 rings (SSSR count). The van der Waals surface area contributed by atoms with Crippen LogP contribution in [-0.4, -0.2) is 4.98 Å². The van der Waals surface area contributed by atoms with E-state index in [9.17, 15) is 4.39 Å². The molecule has 0 saturated carbocycles. The van der Waals surface area contributed by atoms with Crippen LogP contribution >= 0.6 is 0 Å². The topological polar surface area (TPSA) is 12.9 Å². The highest BCUT2D eigenvalue weighted by Gasteiger charge is 2.04. The predicted octanol–water partition coefficient (Wildman–Crippen LogP) is 2.93. The number of nitrogens with zero attached hydrogens (tertiary/aromatic N) is 1. The number of halogens is 1. The van der Waals surface area contributed by atoms with Gasteiger partial charge in [-0.3, -0.25) is 0 Å². The van der Waals surface area contributed by atoms with Crippen molar-refractivity contribution in [2.24, 2.45) is 5.41 Å². The Morgan fingerprint density at radius 3 is 2.43 bits per heavy atom. The number of hydrogen-bond donors (Lipinski definition) is 0. The molecule has 1 heterocycles. The number of aromatic nitrogens is 1. The van der Waals surface area contributed by atoms with Gasteiger partial charge in [0.2, 0.25) is 0 Å². The zero-order chi connectivity index (χ0) is 10.8. The molecule has 0 aromatic carbocycles. The van der Waals surface area contributed by atoms with Crippen molar-refractivity contribution >= 4 is 0 Å². The Morgan fingerprint density at radius 2 is 1.93 bits per heavy atom. The Morgan fingerprint density at radius 1 is 1.29 bits per heavy atom. The highest BCUT2D eigenvalue weighted by atomic mass is 19.1. The zero-order valence-electron chi connectivity index (χ0n) is 8.98. The molecule has 0 atom stereocenters. The van der Waals surface area contributed by atoms with Crippen LogP contribution in [0.5, 0.6) is 0 Å². The van der Waals surface area contributed by atoms with Crippen LogP contribution in [0.4, 0.5) is 4.39 Å². The molecular formula is C12H14FN. The predicted molar refractivity (Wildman–Crippen MR) is 55.3 cm³/mol. The molecule has 1 aromatic heterocycles. The molecule has 74 valence electrons. The van der Waals surface area contributed by atoms with E-state index >= 15 is 0 Å². The van der Waals surface area contributed by atoms with Gasteiger partial charge in [0.1, 0.15) is 11.5 Å². The molecule has 1 aromatic rings. The fourth-order valence-corrected chi connectivity index (χ4v) is 0.865. The summed E-state index contributed by atoms with van der Waals surface area (Å²) in [4.78, 5) is 4.03. The molecule has 0 spiro atoms. The Labute approximate surface area is 84.4 Å². The smallest absolute Gasteiger partial charge is 0.144 e. The van der Waals surface area contributed by atoms with Crippen LogP contribution < -0.4 is 0 Å². The summed E-state index contributed by atoms with van der Waals surface area (Å²) in [5, 5.41) is 0. The summed E-state index contributed by atoms with van der Waals surface area (Å²) < 4.78 is 12.9. The minimum atomic E-state index is -0.286. The minimum Gasteiger partial charge on any atom is -0.242 e. The normalized spacial score (nSPS) is 10.6. The molecule has 0 aliphatic heterocycles. The Kier molecular flexibility index (Phi) is 2.90. The first-order valence-electron chi connectivity index (χ1n) is 4.55. The molecule has 0 aliphatic carbocycles. The summed E-state index contributed by atoms with van der Waals surface area (Å²) in [5.74, 6) is 5.69. The van der Waals surface area contributed by atoms with Gasteiger partial charge in [0.25, 0.3) is 0 Å². The molecule has 2 heteroatoms. The third-order valence-corrected chi connectivity index (χ3v) is 1.59. The van der Waals surface area contributed by atoms with E-state index in [1.54, 1.807) is 13.0 Å². The first-order chi connectivity index (χ1) is 6.38. The third kappa shape index (κ3) is 3.18. The second-order valence-electron chi connectivity index (χ2n) is 4.26. The summed E-state index contributed by atoms with van der Waals surface area (Å²) in [7, 11) is 0. The Hall–Kier alpha value is -1.36. The fourth-order valence-electron chi connectivity index (χ4n) is 0.865. The van der Waals surface area contributed by atoms with Crippen molar-refractivity contribution < 1.29 is 4.39 Å². The summed E-state index contributed by atoms with van der Waals surface area (Å²) in [6.45, 7) is 7.71. The lowest BCUT2D eigenvalue weighted by molar-refractivity contribution is 0.571. The SMILES string of the molecule is Cc1nc(C#CC(C)(C)C)ccc1F. The molecule has 0 unspecified atom stereocenters. The van der Waals surface area contributed by atoms with E-state index in [-0.39, 0.29) is 11.2 Å². The van der Waals surface area contributed by atoms with Crippen molar-refractivity contribution in [3.8, 4) is 11.8 Å². The second kappa shape index (κ2) is 3.79. The van der Waals surface area contributed by atoms with Gasteiger partial charge in [0.05, 0.1) is 5.69 Å². The van der Waals surface area contributed by atoms with Gasteiger partial charge in [0, 0.05) is 5.41 Å². The summed E-state index contributed by atoms with van der Waals surface area (Å²) in [5.41, 5.74) is 0.966. The molecule has 0 radical (unpaired) electrons. The number of hydrogen-bond acceptors (Lipinski definition) is 1. The van der Waals surface area contributed by atoms with Crippen molar-refractivity contribution in [1.29, 1.82) is 0 Å². The van der Waals surface area contributed by atoms with Crippen LogP contribution in [0.15, 0.2) is 12.1 Å². The summed E-state index contributed by atoms with van der Waals surface area (Å²) in [6, 6.07) is 3.00. The maximum Gasteiger partial charge on any atom is 0.144 e. The highest BCUT2D eigenvalue weighted by Crippen LogP contribution is 2.11. The molecule has 0 amide bonds. The van der Waals surface area contributed by atoms with E-state index in [4.69, 9.17) is 0 Å². The Balaban J connectivity index is 2.98. The van der Waals surface area contributed by atoms with E-state index in [1.807, 2.05) is 20.8 Å². The van der Waals surface area contributed by atoms with Crippen molar-refractivity contribution in [3.63, 3.8) is 0 Å². The van der Waals surface area contributed by atoms with E-state index in [1.165, 1.54) is 6.07 Å². The molecule has 1 nitrogen and oxygen atoms in total. The van der Waals surface area contributed by atoms with E-state index in [0.29, 0.717) is 11.4 Å². The molecule has 14 heavy (non-hydrogen) atoms. The summed E-state index contributed by atoms with van der Waals surface area (Å²) in [6.07, 6.45) is 0. The minimum absolute atomic E-state index is 0.0516. The van der Waals surface area contributed by atoms with Crippen LogP contribution in [0.1, 0.15) is 32.2 Å². The van der Waals surface area contributed by atoms with Gasteiger partial charge in [-0.15, -0.1) is 0 Å². The van der Waals surface area contributed by atoms with Gasteiger partial charge in [-0.05, 0) is 45.7 Å². The van der Waals surface area contributed by atoms with Gasteiger partial charge in [-0.2, -0.15) is 0 Å². The lowest BCUT2D eigenvalue weighted by Gasteiger charge is -2.06. The molecular weight excluding hydrogens is 177 g/mol. The van der Waals surface area contributed by atoms with Crippen molar-refractivity contribution in [3.05, 3.63) is 29.3 Å². The lowest BCUT2D eigenvalue weighted by atomic mass is 9.98. The maximum atomic E-state index is 12.9. The van der Waals surface area contributed by atoms with Crippen molar-refractivity contribution in [2.75, 3.05) is 0 Å². The molecule has 0 N–H and O–H groups in total. The highest BCUT2D eigenvalue weighted by molar-refractivity contribution is 5.30. The standard InChI is InChI=1S/C12H14FN/c1-9-11(13)6-5-10(14-9)7-8-12(2,3)4/h5-6H,1-4H3. The van der Waals surface area contributed by atoms with Gasteiger partial charge in [-0.25, -0.2) is 9.37 Å².